The molecule has 1 aliphatic heterocycles. The van der Waals surface area contributed by atoms with Crippen molar-refractivity contribution in [1.82, 2.24) is 4.98 Å². The Morgan fingerprint density at radius 1 is 1.44 bits per heavy atom. The number of hydrogen-bond acceptors (Lipinski definition) is 4. The first-order valence-electron chi connectivity index (χ1n) is 5.90. The molecule has 0 amide bonds. The molecule has 1 aliphatic rings. The van der Waals surface area contributed by atoms with Crippen molar-refractivity contribution in [3.63, 3.8) is 0 Å². The quantitative estimate of drug-likeness (QED) is 0.810. The molecule has 16 heavy (non-hydrogen) atoms. The van der Waals surface area contributed by atoms with Gasteiger partial charge in [-0.3, -0.25) is 0 Å². The molecule has 1 saturated heterocycles. The number of nitrogens with zero attached hydrogens (tertiary/aromatic N) is 2. The van der Waals surface area contributed by atoms with Gasteiger partial charge in [-0.1, -0.05) is 0 Å². The largest absolute Gasteiger partial charge is 0.397 e. The minimum Gasteiger partial charge on any atom is -0.397 e. The normalized spacial score (nSPS) is 21.1. The zero-order chi connectivity index (χ0) is 11.4. The average Bonchev–Trinajstić information content (AvgIpc) is 2.32. The Balaban J connectivity index is 2.13. The number of anilines is 2. The maximum Gasteiger partial charge on any atom is 0.128 e. The first-order chi connectivity index (χ1) is 7.81. The minimum absolute atomic E-state index is 0.246. The van der Waals surface area contributed by atoms with Gasteiger partial charge in [0, 0.05) is 19.2 Å². The number of rotatable bonds is 3. The molecule has 4 heteroatoms. The van der Waals surface area contributed by atoms with E-state index in [4.69, 9.17) is 10.8 Å². The molecule has 2 heterocycles. The summed E-state index contributed by atoms with van der Waals surface area (Å²) >= 11 is 0. The summed E-state index contributed by atoms with van der Waals surface area (Å²) in [5, 5.41) is 9.06. The van der Waals surface area contributed by atoms with Crippen LogP contribution in [0.4, 0.5) is 11.5 Å². The SMILES string of the molecule is Nc1ccc(N2CCCCC2CCO)nc1. The van der Waals surface area contributed by atoms with Gasteiger partial charge >= 0.3 is 0 Å². The van der Waals surface area contributed by atoms with E-state index >= 15 is 0 Å². The van der Waals surface area contributed by atoms with Crippen molar-refractivity contribution in [1.29, 1.82) is 0 Å². The highest BCUT2D eigenvalue weighted by molar-refractivity contribution is 5.46. The molecule has 0 bridgehead atoms. The van der Waals surface area contributed by atoms with E-state index in [9.17, 15) is 0 Å². The van der Waals surface area contributed by atoms with E-state index in [1.54, 1.807) is 6.20 Å². The van der Waals surface area contributed by atoms with Gasteiger partial charge in [0.15, 0.2) is 0 Å². The molecule has 0 aromatic carbocycles. The van der Waals surface area contributed by atoms with Gasteiger partial charge in [-0.05, 0) is 37.8 Å². The summed E-state index contributed by atoms with van der Waals surface area (Å²) < 4.78 is 0. The van der Waals surface area contributed by atoms with E-state index in [1.807, 2.05) is 12.1 Å². The lowest BCUT2D eigenvalue weighted by Crippen LogP contribution is -2.40. The molecular weight excluding hydrogens is 202 g/mol. The summed E-state index contributed by atoms with van der Waals surface area (Å²) in [6, 6.07) is 4.27. The van der Waals surface area contributed by atoms with Gasteiger partial charge in [0.2, 0.25) is 0 Å². The van der Waals surface area contributed by atoms with Crippen LogP contribution in [-0.2, 0) is 0 Å². The molecular formula is C12H19N3O. The van der Waals surface area contributed by atoms with Gasteiger partial charge in [-0.25, -0.2) is 4.98 Å². The van der Waals surface area contributed by atoms with Crippen LogP contribution in [-0.4, -0.2) is 29.3 Å². The summed E-state index contributed by atoms with van der Waals surface area (Å²) in [5.41, 5.74) is 6.32. The fourth-order valence-corrected chi connectivity index (χ4v) is 2.32. The molecule has 1 aromatic rings. The van der Waals surface area contributed by atoms with Crippen molar-refractivity contribution in [2.75, 3.05) is 23.8 Å². The standard InChI is InChI=1S/C12H19N3O/c13-10-4-5-12(14-9-10)15-7-2-1-3-11(15)6-8-16/h4-5,9,11,16H,1-3,6-8,13H2. The summed E-state index contributed by atoms with van der Waals surface area (Å²) in [5.74, 6) is 0.979. The van der Waals surface area contributed by atoms with Crippen molar-refractivity contribution in [2.45, 2.75) is 31.7 Å². The summed E-state index contributed by atoms with van der Waals surface area (Å²) in [6.45, 7) is 1.28. The van der Waals surface area contributed by atoms with Gasteiger partial charge in [0.1, 0.15) is 5.82 Å². The smallest absolute Gasteiger partial charge is 0.128 e. The van der Waals surface area contributed by atoms with Crippen LogP contribution in [0.25, 0.3) is 0 Å². The molecule has 88 valence electrons. The number of aromatic nitrogens is 1. The van der Waals surface area contributed by atoms with Crippen LogP contribution in [0.3, 0.4) is 0 Å². The molecule has 3 N–H and O–H groups in total. The van der Waals surface area contributed by atoms with Crippen molar-refractivity contribution >= 4 is 11.5 Å². The number of aliphatic hydroxyl groups is 1. The molecule has 2 rings (SSSR count). The lowest BCUT2D eigenvalue weighted by Gasteiger charge is -2.36. The van der Waals surface area contributed by atoms with Crippen molar-refractivity contribution in [3.8, 4) is 0 Å². The number of piperidine rings is 1. The van der Waals surface area contributed by atoms with Crippen molar-refractivity contribution < 1.29 is 5.11 Å². The van der Waals surface area contributed by atoms with Crippen molar-refractivity contribution in [3.05, 3.63) is 18.3 Å². The predicted molar refractivity (Wildman–Crippen MR) is 65.3 cm³/mol. The Labute approximate surface area is 96.1 Å². The van der Waals surface area contributed by atoms with Gasteiger partial charge in [0.05, 0.1) is 11.9 Å². The molecule has 0 spiro atoms. The molecule has 0 radical (unpaired) electrons. The van der Waals surface area contributed by atoms with Crippen molar-refractivity contribution in [2.24, 2.45) is 0 Å². The van der Waals surface area contributed by atoms with Gasteiger partial charge in [0.25, 0.3) is 0 Å². The number of nitrogen functional groups attached to an aromatic ring is 1. The fraction of sp³-hybridized carbons (Fsp3) is 0.583. The lowest BCUT2D eigenvalue weighted by atomic mass is 9.99. The Bertz CT molecular complexity index is 324. The van der Waals surface area contributed by atoms with E-state index in [1.165, 1.54) is 12.8 Å². The molecule has 0 aliphatic carbocycles. The van der Waals surface area contributed by atoms with Crippen LogP contribution >= 0.6 is 0 Å². The Morgan fingerprint density at radius 3 is 3.00 bits per heavy atom. The highest BCUT2D eigenvalue weighted by Gasteiger charge is 2.22. The van der Waals surface area contributed by atoms with Crippen LogP contribution in [0.1, 0.15) is 25.7 Å². The third kappa shape index (κ3) is 2.44. The zero-order valence-electron chi connectivity index (χ0n) is 9.47. The summed E-state index contributed by atoms with van der Waals surface area (Å²) in [7, 11) is 0. The molecule has 1 fully saturated rings. The fourth-order valence-electron chi connectivity index (χ4n) is 2.32. The van der Waals surface area contributed by atoms with E-state index in [2.05, 4.69) is 9.88 Å². The Hall–Kier alpha value is -1.29. The molecule has 1 aromatic heterocycles. The second-order valence-electron chi connectivity index (χ2n) is 4.31. The maximum atomic E-state index is 9.06. The molecule has 4 nitrogen and oxygen atoms in total. The van der Waals surface area contributed by atoms with E-state index in [0.717, 1.165) is 25.2 Å². The number of aliphatic hydroxyl groups excluding tert-OH is 1. The second kappa shape index (κ2) is 5.16. The predicted octanol–water partition coefficient (Wildman–Crippen LogP) is 1.41. The highest BCUT2D eigenvalue weighted by atomic mass is 16.3. The lowest BCUT2D eigenvalue weighted by molar-refractivity contribution is 0.262. The van der Waals surface area contributed by atoms with Gasteiger partial charge < -0.3 is 15.7 Å². The van der Waals surface area contributed by atoms with Crippen LogP contribution in [0.15, 0.2) is 18.3 Å². The van der Waals surface area contributed by atoms with Gasteiger partial charge in [-0.15, -0.1) is 0 Å². The van der Waals surface area contributed by atoms with E-state index < -0.39 is 0 Å². The first kappa shape index (κ1) is 11.2. The average molecular weight is 221 g/mol. The molecule has 1 unspecified atom stereocenters. The summed E-state index contributed by atoms with van der Waals surface area (Å²) in [6.07, 6.45) is 6.11. The highest BCUT2D eigenvalue weighted by Crippen LogP contribution is 2.25. The first-order valence-corrected chi connectivity index (χ1v) is 5.90. The monoisotopic (exact) mass is 221 g/mol. The van der Waals surface area contributed by atoms with E-state index in [0.29, 0.717) is 11.7 Å². The number of pyridine rings is 1. The Kier molecular flexibility index (Phi) is 3.62. The molecule has 1 atom stereocenters. The third-order valence-corrected chi connectivity index (χ3v) is 3.15. The number of nitrogens with two attached hydrogens (primary N) is 1. The number of hydrogen-bond donors (Lipinski definition) is 2. The van der Waals surface area contributed by atoms with E-state index in [-0.39, 0.29) is 6.61 Å². The third-order valence-electron chi connectivity index (χ3n) is 3.15. The van der Waals surface area contributed by atoms with Gasteiger partial charge in [-0.2, -0.15) is 0 Å². The van der Waals surface area contributed by atoms with Crippen LogP contribution in [0.2, 0.25) is 0 Å². The zero-order valence-corrected chi connectivity index (χ0v) is 9.47. The summed E-state index contributed by atoms with van der Waals surface area (Å²) in [4.78, 5) is 6.64. The minimum atomic E-state index is 0.246. The maximum absolute atomic E-state index is 9.06. The molecule has 0 saturated carbocycles. The Morgan fingerprint density at radius 2 is 2.31 bits per heavy atom. The van der Waals surface area contributed by atoms with Crippen LogP contribution in [0, 0.1) is 0 Å². The van der Waals surface area contributed by atoms with Crippen LogP contribution in [0.5, 0.6) is 0 Å². The topological polar surface area (TPSA) is 62.4 Å². The second-order valence-corrected chi connectivity index (χ2v) is 4.31. The van der Waals surface area contributed by atoms with Crippen LogP contribution < -0.4 is 10.6 Å².